The lowest BCUT2D eigenvalue weighted by atomic mass is 10.4. The first kappa shape index (κ1) is 11.3. The average Bonchev–Trinajstić information content (AvgIpc) is 3.04. The van der Waals surface area contributed by atoms with Crippen LogP contribution in [0.5, 0.6) is 0 Å². The maximum absolute atomic E-state index is 12.0. The molecule has 0 spiro atoms. The normalized spacial score (nSPS) is 10.8. The Morgan fingerprint density at radius 3 is 3.05 bits per heavy atom. The Kier molecular flexibility index (Phi) is 2.67. The summed E-state index contributed by atoms with van der Waals surface area (Å²) in [5, 5.41) is 10.3. The van der Waals surface area contributed by atoms with Gasteiger partial charge in [0.05, 0.1) is 6.20 Å². The van der Waals surface area contributed by atoms with Crippen LogP contribution in [0.3, 0.4) is 0 Å². The lowest BCUT2D eigenvalue weighted by Crippen LogP contribution is -2.12. The lowest BCUT2D eigenvalue weighted by molar-refractivity contribution is 0.102. The molecular weight excluding hydrogens is 246 g/mol. The molecule has 0 saturated carbocycles. The second kappa shape index (κ2) is 4.48. The highest BCUT2D eigenvalue weighted by atomic mass is 16.2. The third-order valence-corrected chi connectivity index (χ3v) is 2.57. The fourth-order valence-electron chi connectivity index (χ4n) is 1.63. The Bertz CT molecular complexity index is 696. The molecule has 0 unspecified atom stereocenters. The van der Waals surface area contributed by atoms with Crippen LogP contribution in [0.1, 0.15) is 17.4 Å². The lowest BCUT2D eigenvalue weighted by Gasteiger charge is -1.95. The number of rotatable bonds is 3. The van der Waals surface area contributed by atoms with Crippen molar-refractivity contribution >= 4 is 17.5 Å². The van der Waals surface area contributed by atoms with Gasteiger partial charge in [-0.25, -0.2) is 9.97 Å². The van der Waals surface area contributed by atoms with E-state index in [4.69, 9.17) is 0 Å². The van der Waals surface area contributed by atoms with Gasteiger partial charge in [-0.2, -0.15) is 0 Å². The zero-order chi connectivity index (χ0) is 13.2. The second-order valence-electron chi connectivity index (χ2n) is 3.87. The summed E-state index contributed by atoms with van der Waals surface area (Å²) in [5.41, 5.74) is 0.282. The maximum Gasteiger partial charge on any atom is 0.277 e. The fourth-order valence-corrected chi connectivity index (χ4v) is 1.63. The van der Waals surface area contributed by atoms with Crippen molar-refractivity contribution in [1.29, 1.82) is 0 Å². The fraction of sp³-hybridized carbons (Fsp3) is 0.182. The van der Waals surface area contributed by atoms with Crippen LogP contribution in [0.25, 0.3) is 5.78 Å². The topological polar surface area (TPSA) is 90.0 Å². The Morgan fingerprint density at radius 2 is 2.32 bits per heavy atom. The van der Waals surface area contributed by atoms with Crippen LogP contribution in [0.4, 0.5) is 5.82 Å². The second-order valence-corrected chi connectivity index (χ2v) is 3.87. The van der Waals surface area contributed by atoms with Crippen LogP contribution < -0.4 is 5.32 Å². The third-order valence-electron chi connectivity index (χ3n) is 2.57. The van der Waals surface area contributed by atoms with Crippen LogP contribution in [0.2, 0.25) is 0 Å². The Labute approximate surface area is 108 Å². The van der Waals surface area contributed by atoms with Gasteiger partial charge in [0, 0.05) is 25.1 Å². The molecule has 0 bridgehead atoms. The van der Waals surface area contributed by atoms with Gasteiger partial charge in [0.25, 0.3) is 5.91 Å². The molecule has 0 fully saturated rings. The molecular formula is C11H11N7O. The van der Waals surface area contributed by atoms with Crippen molar-refractivity contribution < 1.29 is 4.79 Å². The van der Waals surface area contributed by atoms with Crippen LogP contribution in [-0.4, -0.2) is 35.3 Å². The zero-order valence-corrected chi connectivity index (χ0v) is 10.2. The molecule has 3 rings (SSSR count). The van der Waals surface area contributed by atoms with Crippen LogP contribution >= 0.6 is 0 Å². The summed E-state index contributed by atoms with van der Waals surface area (Å²) >= 11 is 0. The highest BCUT2D eigenvalue weighted by Crippen LogP contribution is 2.06. The van der Waals surface area contributed by atoms with E-state index < -0.39 is 0 Å². The first-order valence-electron chi connectivity index (χ1n) is 5.77. The number of fused-ring (bicyclic) bond motifs is 1. The zero-order valence-electron chi connectivity index (χ0n) is 10.2. The predicted molar refractivity (Wildman–Crippen MR) is 66.6 cm³/mol. The first-order valence-corrected chi connectivity index (χ1v) is 5.77. The van der Waals surface area contributed by atoms with Gasteiger partial charge in [0.15, 0.2) is 5.82 Å². The molecule has 0 aromatic carbocycles. The van der Waals surface area contributed by atoms with E-state index >= 15 is 0 Å². The number of carbonyl (C=O) groups is 1. The number of aryl methyl sites for hydroxylation is 1. The van der Waals surface area contributed by atoms with Gasteiger partial charge < -0.3 is 5.32 Å². The summed E-state index contributed by atoms with van der Waals surface area (Å²) in [6.45, 7) is 2.63. The summed E-state index contributed by atoms with van der Waals surface area (Å²) in [6, 6.07) is 1.77. The van der Waals surface area contributed by atoms with E-state index in [1.54, 1.807) is 39.9 Å². The van der Waals surface area contributed by atoms with Crippen molar-refractivity contribution in [3.05, 3.63) is 36.5 Å². The molecule has 0 saturated heterocycles. The summed E-state index contributed by atoms with van der Waals surface area (Å²) in [5.74, 6) is 0.537. The molecule has 3 aromatic heterocycles. The van der Waals surface area contributed by atoms with Gasteiger partial charge in [-0.15, -0.1) is 5.10 Å². The predicted octanol–water partition coefficient (Wildman–Crippen LogP) is 0.593. The third kappa shape index (κ3) is 2.15. The number of imidazole rings is 1. The smallest absolute Gasteiger partial charge is 0.277 e. The van der Waals surface area contributed by atoms with E-state index in [0.29, 0.717) is 18.1 Å². The molecule has 0 atom stereocenters. The highest BCUT2D eigenvalue weighted by molar-refractivity contribution is 6.02. The van der Waals surface area contributed by atoms with E-state index in [1.165, 1.54) is 0 Å². The number of amides is 1. The van der Waals surface area contributed by atoms with Crippen molar-refractivity contribution in [3.8, 4) is 0 Å². The highest BCUT2D eigenvalue weighted by Gasteiger charge is 2.12. The van der Waals surface area contributed by atoms with Gasteiger partial charge in [-0.1, -0.05) is 5.21 Å². The molecule has 0 aliphatic carbocycles. The van der Waals surface area contributed by atoms with Crippen molar-refractivity contribution in [2.75, 3.05) is 5.32 Å². The van der Waals surface area contributed by atoms with Crippen molar-refractivity contribution in [3.63, 3.8) is 0 Å². The minimum atomic E-state index is -0.339. The number of nitrogens with zero attached hydrogens (tertiary/aromatic N) is 6. The van der Waals surface area contributed by atoms with Gasteiger partial charge >= 0.3 is 0 Å². The molecule has 8 heteroatoms. The largest absolute Gasteiger partial charge is 0.302 e. The standard InChI is InChI=1S/C11H11N7O/c1-2-18-7-9(15-16-18)14-10(19)8-6-17-5-3-4-12-11(17)13-8/h3-7H,2H2,1H3,(H,14,19). The van der Waals surface area contributed by atoms with Gasteiger partial charge in [-0.05, 0) is 13.0 Å². The minimum absolute atomic E-state index is 0.282. The van der Waals surface area contributed by atoms with E-state index in [1.807, 2.05) is 6.92 Å². The molecule has 3 aromatic rings. The number of aromatic nitrogens is 6. The molecule has 8 nitrogen and oxygen atoms in total. The summed E-state index contributed by atoms with van der Waals surface area (Å²) in [7, 11) is 0. The van der Waals surface area contributed by atoms with Crippen molar-refractivity contribution in [2.24, 2.45) is 0 Å². The molecule has 0 radical (unpaired) electrons. The molecule has 96 valence electrons. The van der Waals surface area contributed by atoms with E-state index in [-0.39, 0.29) is 11.6 Å². The van der Waals surface area contributed by atoms with Crippen molar-refractivity contribution in [1.82, 2.24) is 29.4 Å². The van der Waals surface area contributed by atoms with E-state index in [2.05, 4.69) is 25.6 Å². The Hall–Kier alpha value is -2.77. The maximum atomic E-state index is 12.0. The minimum Gasteiger partial charge on any atom is -0.302 e. The molecule has 0 aliphatic heterocycles. The van der Waals surface area contributed by atoms with Crippen LogP contribution in [-0.2, 0) is 6.54 Å². The SMILES string of the molecule is CCn1cc(NC(=O)c2cn3cccnc3n2)nn1. The van der Waals surface area contributed by atoms with Crippen LogP contribution in [0.15, 0.2) is 30.9 Å². The van der Waals surface area contributed by atoms with Gasteiger partial charge in [0.1, 0.15) is 5.69 Å². The molecule has 3 heterocycles. The van der Waals surface area contributed by atoms with E-state index in [0.717, 1.165) is 0 Å². The summed E-state index contributed by atoms with van der Waals surface area (Å²) in [6.07, 6.45) is 6.67. The first-order chi connectivity index (χ1) is 9.26. The average molecular weight is 257 g/mol. The molecule has 1 N–H and O–H groups in total. The molecule has 1 amide bonds. The van der Waals surface area contributed by atoms with Gasteiger partial charge in [0.2, 0.25) is 5.78 Å². The number of hydrogen-bond donors (Lipinski definition) is 1. The Morgan fingerprint density at radius 1 is 1.42 bits per heavy atom. The Balaban J connectivity index is 1.83. The monoisotopic (exact) mass is 257 g/mol. The summed E-state index contributed by atoms with van der Waals surface area (Å²) < 4.78 is 3.30. The number of nitrogens with one attached hydrogen (secondary N) is 1. The van der Waals surface area contributed by atoms with Crippen LogP contribution in [0, 0.1) is 0 Å². The number of hydrogen-bond acceptors (Lipinski definition) is 5. The van der Waals surface area contributed by atoms with Crippen molar-refractivity contribution in [2.45, 2.75) is 13.5 Å². The van der Waals surface area contributed by atoms with E-state index in [9.17, 15) is 4.79 Å². The molecule has 0 aliphatic rings. The summed E-state index contributed by atoms with van der Waals surface area (Å²) in [4.78, 5) is 20.2. The quantitative estimate of drug-likeness (QED) is 0.741. The number of anilines is 1. The number of carbonyl (C=O) groups excluding carboxylic acids is 1. The molecule has 19 heavy (non-hydrogen) atoms. The van der Waals surface area contributed by atoms with Gasteiger partial charge in [-0.3, -0.25) is 13.9 Å².